The Morgan fingerprint density at radius 2 is 2.15 bits per heavy atom. The molecule has 0 fully saturated rings. The zero-order chi connectivity index (χ0) is 14.1. The van der Waals surface area contributed by atoms with Crippen molar-refractivity contribution in [3.05, 3.63) is 59.4 Å². The number of furan rings is 1. The third-order valence-corrected chi connectivity index (χ3v) is 3.47. The molecule has 5 heteroatoms. The normalized spacial score (nSPS) is 12.6. The summed E-state index contributed by atoms with van der Waals surface area (Å²) in [5.41, 5.74) is 0.630. The van der Waals surface area contributed by atoms with Crippen LogP contribution in [0, 0.1) is 5.82 Å². The molecule has 0 radical (unpaired) electrons. The monoisotopic (exact) mass is 290 g/mol. The summed E-state index contributed by atoms with van der Waals surface area (Å²) in [6, 6.07) is 8.55. The molecule has 1 N–H and O–H groups in total. The van der Waals surface area contributed by atoms with E-state index < -0.39 is 5.82 Å². The van der Waals surface area contributed by atoms with Crippen LogP contribution in [0.5, 0.6) is 0 Å². The Balaban J connectivity index is 1.99. The van der Waals surface area contributed by atoms with Crippen LogP contribution in [0.1, 0.15) is 18.7 Å². The van der Waals surface area contributed by atoms with Crippen molar-refractivity contribution in [3.63, 3.8) is 0 Å². The summed E-state index contributed by atoms with van der Waals surface area (Å²) < 4.78 is 19.7. The van der Waals surface area contributed by atoms with Gasteiger partial charge in [0.1, 0.15) is 11.3 Å². The maximum absolute atomic E-state index is 14.4. The Bertz CT molecular complexity index is 743. The van der Waals surface area contributed by atoms with E-state index in [4.69, 9.17) is 16.0 Å². The van der Waals surface area contributed by atoms with E-state index in [2.05, 4.69) is 10.3 Å². The van der Waals surface area contributed by atoms with Crippen LogP contribution < -0.4 is 5.32 Å². The van der Waals surface area contributed by atoms with E-state index in [9.17, 15) is 4.39 Å². The molecular formula is C15H12ClFN2O. The van der Waals surface area contributed by atoms with Gasteiger partial charge in [0.2, 0.25) is 0 Å². The molecule has 3 rings (SSSR count). The standard InChI is InChI=1S/C15H12ClFN2O/c1-9(13-3-2-8-20-13)19-12-5-4-10-11(16)6-7-18-15(10)14(12)17/h2-9,19H,1H3. The lowest BCUT2D eigenvalue weighted by Gasteiger charge is -2.14. The van der Waals surface area contributed by atoms with Crippen LogP contribution in [0.4, 0.5) is 10.1 Å². The minimum Gasteiger partial charge on any atom is -0.467 e. The molecule has 0 spiro atoms. The highest BCUT2D eigenvalue weighted by Crippen LogP contribution is 2.29. The van der Waals surface area contributed by atoms with Gasteiger partial charge in [-0.15, -0.1) is 0 Å². The number of anilines is 1. The van der Waals surface area contributed by atoms with Crippen molar-refractivity contribution in [3.8, 4) is 0 Å². The number of benzene rings is 1. The number of nitrogens with zero attached hydrogens (tertiary/aromatic N) is 1. The van der Waals surface area contributed by atoms with E-state index in [0.717, 1.165) is 5.76 Å². The van der Waals surface area contributed by atoms with Gasteiger partial charge in [-0.05, 0) is 37.3 Å². The predicted octanol–water partition coefficient (Wildman–Crippen LogP) is 4.79. The smallest absolute Gasteiger partial charge is 0.172 e. The summed E-state index contributed by atoms with van der Waals surface area (Å²) in [5.74, 6) is 0.326. The number of aromatic nitrogens is 1. The highest BCUT2D eigenvalue weighted by Gasteiger charge is 2.14. The largest absolute Gasteiger partial charge is 0.467 e. The Hall–Kier alpha value is -2.07. The quantitative estimate of drug-likeness (QED) is 0.753. The van der Waals surface area contributed by atoms with Crippen LogP contribution in [0.25, 0.3) is 10.9 Å². The Morgan fingerprint density at radius 3 is 2.90 bits per heavy atom. The average Bonchev–Trinajstić information content (AvgIpc) is 2.97. The van der Waals surface area contributed by atoms with Gasteiger partial charge in [-0.25, -0.2) is 4.39 Å². The van der Waals surface area contributed by atoms with Crippen LogP contribution in [-0.2, 0) is 0 Å². The summed E-state index contributed by atoms with van der Waals surface area (Å²) in [4.78, 5) is 4.05. The predicted molar refractivity (Wildman–Crippen MR) is 77.5 cm³/mol. The van der Waals surface area contributed by atoms with Crippen molar-refractivity contribution in [1.82, 2.24) is 4.98 Å². The van der Waals surface area contributed by atoms with Gasteiger partial charge < -0.3 is 9.73 Å². The van der Waals surface area contributed by atoms with Crippen molar-refractivity contribution < 1.29 is 8.81 Å². The molecule has 0 aliphatic carbocycles. The van der Waals surface area contributed by atoms with E-state index in [1.165, 1.54) is 6.20 Å². The molecule has 20 heavy (non-hydrogen) atoms. The molecule has 0 amide bonds. The van der Waals surface area contributed by atoms with Crippen molar-refractivity contribution >= 4 is 28.2 Å². The summed E-state index contributed by atoms with van der Waals surface area (Å²) in [7, 11) is 0. The Labute approximate surface area is 120 Å². The second kappa shape index (κ2) is 5.13. The number of nitrogens with one attached hydrogen (secondary N) is 1. The van der Waals surface area contributed by atoms with Crippen LogP contribution in [-0.4, -0.2) is 4.98 Å². The Kier molecular flexibility index (Phi) is 3.32. The first-order valence-electron chi connectivity index (χ1n) is 6.19. The van der Waals surface area contributed by atoms with Crippen LogP contribution in [0.2, 0.25) is 5.02 Å². The number of hydrogen-bond acceptors (Lipinski definition) is 3. The molecular weight excluding hydrogens is 279 g/mol. The minimum absolute atomic E-state index is 0.142. The first-order valence-corrected chi connectivity index (χ1v) is 6.57. The molecule has 0 saturated heterocycles. The van der Waals surface area contributed by atoms with Gasteiger partial charge in [0, 0.05) is 11.6 Å². The first kappa shape index (κ1) is 12.9. The van der Waals surface area contributed by atoms with E-state index in [-0.39, 0.29) is 11.6 Å². The molecule has 2 heterocycles. The molecule has 3 aromatic rings. The molecule has 1 aromatic carbocycles. The van der Waals surface area contributed by atoms with E-state index in [0.29, 0.717) is 16.1 Å². The molecule has 1 atom stereocenters. The summed E-state index contributed by atoms with van der Waals surface area (Å²) in [6.45, 7) is 1.90. The number of halogens is 2. The maximum Gasteiger partial charge on any atom is 0.172 e. The minimum atomic E-state index is -0.414. The lowest BCUT2D eigenvalue weighted by Crippen LogP contribution is -2.07. The number of rotatable bonds is 3. The third-order valence-electron chi connectivity index (χ3n) is 3.14. The zero-order valence-corrected chi connectivity index (χ0v) is 11.5. The fourth-order valence-electron chi connectivity index (χ4n) is 2.10. The van der Waals surface area contributed by atoms with Crippen molar-refractivity contribution in [1.29, 1.82) is 0 Å². The van der Waals surface area contributed by atoms with Gasteiger partial charge in [-0.1, -0.05) is 11.6 Å². The van der Waals surface area contributed by atoms with Gasteiger partial charge in [0.25, 0.3) is 0 Å². The maximum atomic E-state index is 14.4. The summed E-state index contributed by atoms with van der Waals surface area (Å²) in [6.07, 6.45) is 3.08. The van der Waals surface area contributed by atoms with Crippen molar-refractivity contribution in [2.45, 2.75) is 13.0 Å². The second-order valence-electron chi connectivity index (χ2n) is 4.50. The molecule has 0 aliphatic rings. The molecule has 1 unspecified atom stereocenters. The molecule has 102 valence electrons. The SMILES string of the molecule is CC(Nc1ccc2c(Cl)ccnc2c1F)c1ccco1. The molecule has 2 aromatic heterocycles. The number of pyridine rings is 1. The highest BCUT2D eigenvalue weighted by atomic mass is 35.5. The van der Waals surface area contributed by atoms with Gasteiger partial charge in [-0.3, -0.25) is 4.98 Å². The average molecular weight is 291 g/mol. The van der Waals surface area contributed by atoms with Gasteiger partial charge >= 0.3 is 0 Å². The molecule has 0 saturated carbocycles. The van der Waals surface area contributed by atoms with Gasteiger partial charge in [0.15, 0.2) is 5.82 Å². The molecule has 0 bridgehead atoms. The third kappa shape index (κ3) is 2.23. The highest BCUT2D eigenvalue weighted by molar-refractivity contribution is 6.35. The lowest BCUT2D eigenvalue weighted by molar-refractivity contribution is 0.489. The fourth-order valence-corrected chi connectivity index (χ4v) is 2.31. The van der Waals surface area contributed by atoms with Crippen molar-refractivity contribution in [2.24, 2.45) is 0 Å². The molecule has 0 aliphatic heterocycles. The van der Waals surface area contributed by atoms with E-state index in [1.54, 1.807) is 30.5 Å². The van der Waals surface area contributed by atoms with E-state index in [1.807, 2.05) is 13.0 Å². The fraction of sp³-hybridized carbons (Fsp3) is 0.133. The summed E-state index contributed by atoms with van der Waals surface area (Å²) >= 11 is 6.03. The van der Waals surface area contributed by atoms with Gasteiger partial charge in [0.05, 0.1) is 23.0 Å². The second-order valence-corrected chi connectivity index (χ2v) is 4.90. The molecule has 3 nitrogen and oxygen atoms in total. The topological polar surface area (TPSA) is 38.1 Å². The number of fused-ring (bicyclic) bond motifs is 1. The van der Waals surface area contributed by atoms with Crippen molar-refractivity contribution in [2.75, 3.05) is 5.32 Å². The Morgan fingerprint density at radius 1 is 1.30 bits per heavy atom. The van der Waals surface area contributed by atoms with Crippen LogP contribution in [0.15, 0.2) is 47.2 Å². The van der Waals surface area contributed by atoms with E-state index >= 15 is 0 Å². The summed E-state index contributed by atoms with van der Waals surface area (Å²) in [5, 5.41) is 4.16. The van der Waals surface area contributed by atoms with Gasteiger partial charge in [-0.2, -0.15) is 0 Å². The number of hydrogen-bond donors (Lipinski definition) is 1. The van der Waals surface area contributed by atoms with Crippen LogP contribution in [0.3, 0.4) is 0 Å². The van der Waals surface area contributed by atoms with Crippen LogP contribution >= 0.6 is 11.6 Å². The first-order chi connectivity index (χ1) is 9.66. The lowest BCUT2D eigenvalue weighted by atomic mass is 10.1. The zero-order valence-electron chi connectivity index (χ0n) is 10.7.